The van der Waals surface area contributed by atoms with Crippen molar-refractivity contribution in [3.05, 3.63) is 22.9 Å². The molecule has 20 heavy (non-hydrogen) atoms. The highest BCUT2D eigenvalue weighted by molar-refractivity contribution is 5.73. The van der Waals surface area contributed by atoms with Crippen LogP contribution in [0.3, 0.4) is 0 Å². The van der Waals surface area contributed by atoms with Gasteiger partial charge in [0.25, 0.3) is 0 Å². The molecule has 0 spiro atoms. The van der Waals surface area contributed by atoms with Gasteiger partial charge >= 0.3 is 0 Å². The van der Waals surface area contributed by atoms with E-state index in [9.17, 15) is 9.90 Å². The van der Waals surface area contributed by atoms with E-state index in [-0.39, 0.29) is 29.0 Å². The second-order valence-corrected chi connectivity index (χ2v) is 7.05. The van der Waals surface area contributed by atoms with Gasteiger partial charge in [-0.1, -0.05) is 27.2 Å². The first-order valence-electron chi connectivity index (χ1n) is 7.30. The first-order valence-corrected chi connectivity index (χ1v) is 7.30. The van der Waals surface area contributed by atoms with Gasteiger partial charge in [0.2, 0.25) is 11.6 Å². The van der Waals surface area contributed by atoms with Gasteiger partial charge in [-0.2, -0.15) is 0 Å². The fraction of sp³-hybridized carbons (Fsp3) is 0.750. The number of rotatable bonds is 1. The number of amides is 1. The molecule has 0 bridgehead atoms. The quantitative estimate of drug-likeness (QED) is 0.721. The number of aliphatic hydroxyl groups is 1. The summed E-state index contributed by atoms with van der Waals surface area (Å²) in [6.07, 6.45) is 3.60. The number of hydrogen-bond acceptors (Lipinski definition) is 2. The zero-order valence-electron chi connectivity index (χ0n) is 12.8. The summed E-state index contributed by atoms with van der Waals surface area (Å²) in [5, 5.41) is 13.5. The van der Waals surface area contributed by atoms with Crippen LogP contribution in [0.5, 0.6) is 0 Å². The van der Waals surface area contributed by atoms with E-state index in [2.05, 4.69) is 17.1 Å². The Labute approximate surface area is 121 Å². The third-order valence-electron chi connectivity index (χ3n) is 5.39. The van der Waals surface area contributed by atoms with Gasteiger partial charge < -0.3 is 10.4 Å². The minimum absolute atomic E-state index is 0.0159. The molecule has 0 radical (unpaired) electrons. The van der Waals surface area contributed by atoms with Crippen LogP contribution in [0.1, 0.15) is 53.4 Å². The zero-order valence-corrected chi connectivity index (χ0v) is 12.8. The number of carbonyl (C=O) groups is 1. The molecular weight excluding hydrogens is 252 g/mol. The van der Waals surface area contributed by atoms with E-state index in [1.54, 1.807) is 6.92 Å². The third-order valence-corrected chi connectivity index (χ3v) is 5.39. The Morgan fingerprint density at radius 3 is 2.60 bits per heavy atom. The molecule has 0 saturated heterocycles. The normalized spacial score (nSPS) is 36.0. The molecule has 1 saturated carbocycles. The van der Waals surface area contributed by atoms with Crippen LogP contribution in [0.4, 0.5) is 0 Å². The largest absolute Gasteiger partial charge is 0.523 e. The predicted molar refractivity (Wildman–Crippen MR) is 77.7 cm³/mol. The van der Waals surface area contributed by atoms with Crippen molar-refractivity contribution in [1.82, 2.24) is 5.32 Å². The Hall–Kier alpha value is -1.50. The Morgan fingerprint density at radius 1 is 1.40 bits per heavy atom. The molecule has 1 amide bonds. The average Bonchev–Trinajstić information content (AvgIpc) is 2.36. The molecule has 4 nitrogen and oxygen atoms in total. The summed E-state index contributed by atoms with van der Waals surface area (Å²) in [6, 6.07) is 0.0860. The summed E-state index contributed by atoms with van der Waals surface area (Å²) in [7, 11) is 0. The lowest BCUT2D eigenvalue weighted by atomic mass is 9.51. The van der Waals surface area contributed by atoms with Gasteiger partial charge in [0.1, 0.15) is 5.76 Å². The topological polar surface area (TPSA) is 53.7 Å². The summed E-state index contributed by atoms with van der Waals surface area (Å²) < 4.78 is 0. The molecule has 2 rings (SSSR count). The molecule has 0 aromatic carbocycles. The maximum Gasteiger partial charge on any atom is 0.217 e. The van der Waals surface area contributed by atoms with Gasteiger partial charge in [-0.25, -0.2) is 4.85 Å². The third kappa shape index (κ3) is 2.09. The van der Waals surface area contributed by atoms with E-state index in [4.69, 9.17) is 6.57 Å². The van der Waals surface area contributed by atoms with E-state index in [1.165, 1.54) is 0 Å². The Bertz CT molecular complexity index is 501. The van der Waals surface area contributed by atoms with Gasteiger partial charge in [-0.3, -0.25) is 4.79 Å². The van der Waals surface area contributed by atoms with Crippen LogP contribution in [-0.4, -0.2) is 17.1 Å². The number of nitrogens with zero attached hydrogens (tertiary/aromatic N) is 1. The molecule has 0 aliphatic heterocycles. The maximum atomic E-state index is 11.5. The molecule has 0 aromatic rings. The van der Waals surface area contributed by atoms with Crippen LogP contribution in [-0.2, 0) is 4.79 Å². The molecule has 110 valence electrons. The van der Waals surface area contributed by atoms with E-state index < -0.39 is 5.41 Å². The van der Waals surface area contributed by atoms with Crippen LogP contribution >= 0.6 is 0 Å². The number of nitrogens with one attached hydrogen (secondary N) is 1. The molecule has 2 aliphatic rings. The minimum atomic E-state index is -0.399. The molecule has 4 heteroatoms. The average molecular weight is 276 g/mol. The summed E-state index contributed by atoms with van der Waals surface area (Å²) >= 11 is 0. The Kier molecular flexibility index (Phi) is 3.58. The van der Waals surface area contributed by atoms with Crippen molar-refractivity contribution in [3.8, 4) is 0 Å². The highest BCUT2D eigenvalue weighted by Crippen LogP contribution is 2.59. The highest BCUT2D eigenvalue weighted by Gasteiger charge is 2.55. The number of allylic oxidation sites excluding steroid dienone is 2. The molecule has 0 aromatic heterocycles. The molecule has 3 atom stereocenters. The van der Waals surface area contributed by atoms with E-state index in [0.717, 1.165) is 19.3 Å². The van der Waals surface area contributed by atoms with Gasteiger partial charge in [0, 0.05) is 18.4 Å². The van der Waals surface area contributed by atoms with Crippen LogP contribution in [0.2, 0.25) is 0 Å². The molecule has 2 N–H and O–H groups in total. The Morgan fingerprint density at radius 2 is 2.05 bits per heavy atom. The summed E-state index contributed by atoms with van der Waals surface area (Å²) in [5.74, 6) is 0.516. The second kappa shape index (κ2) is 4.80. The smallest absolute Gasteiger partial charge is 0.217 e. The first kappa shape index (κ1) is 14.9. The lowest BCUT2D eigenvalue weighted by Gasteiger charge is -2.56. The van der Waals surface area contributed by atoms with Crippen molar-refractivity contribution in [2.24, 2.45) is 16.7 Å². The lowest BCUT2D eigenvalue weighted by Crippen LogP contribution is -2.57. The van der Waals surface area contributed by atoms with E-state index in [0.29, 0.717) is 12.1 Å². The van der Waals surface area contributed by atoms with Crippen molar-refractivity contribution in [2.75, 3.05) is 0 Å². The fourth-order valence-corrected chi connectivity index (χ4v) is 4.42. The highest BCUT2D eigenvalue weighted by atomic mass is 16.3. The summed E-state index contributed by atoms with van der Waals surface area (Å²) in [6.45, 7) is 15.1. The van der Waals surface area contributed by atoms with Gasteiger partial charge in [-0.15, -0.1) is 0 Å². The standard InChI is InChI=1S/C16H24N2O2/c1-10(19)18-13-8-6-7-12-15(2,3)14(20)11(17-5)9-16(12,13)4/h12-13,20H,6-9H2,1-4H3,(H,18,19)/t12-,13?,16-/m0/s1. The van der Waals surface area contributed by atoms with Crippen molar-refractivity contribution in [3.63, 3.8) is 0 Å². The van der Waals surface area contributed by atoms with E-state index >= 15 is 0 Å². The SMILES string of the molecule is [C-]#[N+]C1=C(O)C(C)(C)[C@@H]2CCCC(NC(C)=O)[C@@]2(C)C1. The van der Waals surface area contributed by atoms with Gasteiger partial charge in [-0.05, 0) is 30.6 Å². The van der Waals surface area contributed by atoms with Crippen molar-refractivity contribution >= 4 is 5.91 Å². The number of aliphatic hydroxyl groups excluding tert-OH is 1. The molecule has 1 fully saturated rings. The van der Waals surface area contributed by atoms with E-state index in [1.807, 2.05) is 13.8 Å². The van der Waals surface area contributed by atoms with Crippen molar-refractivity contribution in [1.29, 1.82) is 0 Å². The molecule has 2 aliphatic carbocycles. The number of carbonyl (C=O) groups excluding carboxylic acids is 1. The molecular formula is C16H24N2O2. The second-order valence-electron chi connectivity index (χ2n) is 7.05. The lowest BCUT2D eigenvalue weighted by molar-refractivity contribution is -0.122. The molecule has 0 heterocycles. The zero-order chi connectivity index (χ0) is 15.1. The van der Waals surface area contributed by atoms with Gasteiger partial charge in [0.15, 0.2) is 0 Å². The minimum Gasteiger partial charge on any atom is -0.523 e. The maximum absolute atomic E-state index is 11.5. The van der Waals surface area contributed by atoms with Crippen LogP contribution in [0.15, 0.2) is 11.5 Å². The van der Waals surface area contributed by atoms with Gasteiger partial charge in [0.05, 0.1) is 6.57 Å². The predicted octanol–water partition coefficient (Wildman–Crippen LogP) is 3.42. The van der Waals surface area contributed by atoms with Crippen molar-refractivity contribution in [2.45, 2.75) is 59.4 Å². The molecule has 1 unspecified atom stereocenters. The van der Waals surface area contributed by atoms with Crippen LogP contribution < -0.4 is 5.32 Å². The van der Waals surface area contributed by atoms with Crippen LogP contribution in [0, 0.1) is 23.3 Å². The monoisotopic (exact) mass is 276 g/mol. The summed E-state index contributed by atoms with van der Waals surface area (Å²) in [5.41, 5.74) is -0.0881. The fourth-order valence-electron chi connectivity index (χ4n) is 4.42. The summed E-state index contributed by atoms with van der Waals surface area (Å²) in [4.78, 5) is 15.0. The van der Waals surface area contributed by atoms with Crippen molar-refractivity contribution < 1.29 is 9.90 Å². The van der Waals surface area contributed by atoms with Crippen LogP contribution in [0.25, 0.3) is 4.85 Å². The number of hydrogen-bond donors (Lipinski definition) is 2. The Balaban J connectivity index is 2.47. The number of fused-ring (bicyclic) bond motifs is 1. The first-order chi connectivity index (χ1) is 9.23.